The van der Waals surface area contributed by atoms with Crippen molar-refractivity contribution in [2.45, 2.75) is 62.1 Å². The molecule has 4 fully saturated rings. The minimum absolute atomic E-state index is 0.0923. The zero-order valence-corrected chi connectivity index (χ0v) is 44.2. The number of amides is 2. The standard InChI is InChI=1S/C53H56Cl2F2N12O9/c1-6-41(70)63-33-22-75-21-32(33)62-40-13-29-31(19-58-40)66-51(69-50(29)59-16-25-8-9-25)44-47(56)38(74-5)15-39(48(44)57)77-20-28-11-10-27(78-28)18-60-52-49-26(12-30(65-52)43-45(54)36(72-3)14-37(73-4)46(43)55)17-61-53(68-49)67-35-24-76-23-34(35)64-42(71)7-2/h6-7,12-15,17,19,25,27-28,32-35H,1-2,8-11,16,18,20-24H2,3-5H3,(H,58,62)(H,60,65)(H,63,70)(H,64,71)(H,59,66,69)(H,61,67,68)/t27-,28?,32-,33+,34+,35-/m1/s1. The van der Waals surface area contributed by atoms with E-state index in [1.54, 1.807) is 24.4 Å². The zero-order valence-electron chi connectivity index (χ0n) is 42.7. The average Bonchev–Trinajstić information content (AvgIpc) is 3.92. The van der Waals surface area contributed by atoms with E-state index in [2.05, 4.69) is 60.0 Å². The second kappa shape index (κ2) is 23.7. The van der Waals surface area contributed by atoms with Gasteiger partial charge in [-0.2, -0.15) is 0 Å². The lowest BCUT2D eigenvalue weighted by Gasteiger charge is -2.21. The van der Waals surface area contributed by atoms with Gasteiger partial charge < -0.3 is 65.1 Å². The van der Waals surface area contributed by atoms with E-state index in [4.69, 9.17) is 71.3 Å². The van der Waals surface area contributed by atoms with Gasteiger partial charge in [-0.25, -0.2) is 38.7 Å². The minimum atomic E-state index is -1.03. The monoisotopic (exact) mass is 1110 g/mol. The van der Waals surface area contributed by atoms with E-state index in [0.29, 0.717) is 107 Å². The molecule has 4 aliphatic rings. The number of hydrogen-bond donors (Lipinski definition) is 6. The van der Waals surface area contributed by atoms with Gasteiger partial charge in [-0.3, -0.25) is 9.59 Å². The molecular formula is C53H56Cl2F2N12O9. The third kappa shape index (κ3) is 11.7. The van der Waals surface area contributed by atoms with Gasteiger partial charge in [0.2, 0.25) is 17.8 Å². The molecule has 25 heteroatoms. The second-order valence-corrected chi connectivity index (χ2v) is 19.8. The number of halogens is 4. The second-order valence-electron chi connectivity index (χ2n) is 19.0. The average molecular weight is 1110 g/mol. The number of ether oxygens (including phenoxy) is 7. The van der Waals surface area contributed by atoms with Gasteiger partial charge in [0.05, 0.1) is 117 Å². The number of fused-ring (bicyclic) bond motifs is 2. The van der Waals surface area contributed by atoms with Crippen molar-refractivity contribution in [2.75, 3.05) is 88.7 Å². The van der Waals surface area contributed by atoms with Crippen molar-refractivity contribution >= 4 is 80.2 Å². The SMILES string of the molecule is C=CC(=O)N[C@H]1COC[C@H]1Nc1cc2c(NCC3CC3)nc(-c3c(F)c(OC)cc(OCC4CC[C@H](CNc5nc(-c6c(Cl)c(OC)cc(OC)c6Cl)cc6cnc(N[C@@H]7COC[C@@H]7NC(=O)C=C)nc56)O4)c3F)nc2cn1. The van der Waals surface area contributed by atoms with Crippen molar-refractivity contribution < 1.29 is 51.5 Å². The number of anilines is 4. The van der Waals surface area contributed by atoms with Crippen molar-refractivity contribution in [3.63, 3.8) is 0 Å². The van der Waals surface area contributed by atoms with Gasteiger partial charge in [0.25, 0.3) is 0 Å². The predicted octanol–water partition coefficient (Wildman–Crippen LogP) is 7.13. The number of carbonyl (C=O) groups excluding carboxylic acids is 2. The third-order valence-corrected chi connectivity index (χ3v) is 14.5. The molecule has 6 atom stereocenters. The first-order valence-electron chi connectivity index (χ1n) is 25.2. The highest BCUT2D eigenvalue weighted by molar-refractivity contribution is 6.41. The first-order chi connectivity index (χ1) is 37.8. The maximum atomic E-state index is 16.8. The van der Waals surface area contributed by atoms with E-state index in [1.165, 1.54) is 39.7 Å². The molecule has 6 aromatic rings. The summed E-state index contributed by atoms with van der Waals surface area (Å²) in [5.74, 6) is -1.05. The minimum Gasteiger partial charge on any atom is -0.495 e. The van der Waals surface area contributed by atoms with E-state index in [-0.39, 0.29) is 95.2 Å². The lowest BCUT2D eigenvalue weighted by atomic mass is 10.1. The van der Waals surface area contributed by atoms with Crippen LogP contribution in [-0.4, -0.2) is 146 Å². The largest absolute Gasteiger partial charge is 0.495 e. The number of methoxy groups -OCH3 is 3. The highest BCUT2D eigenvalue weighted by Gasteiger charge is 2.34. The van der Waals surface area contributed by atoms with Crippen molar-refractivity contribution in [3.8, 4) is 45.6 Å². The summed E-state index contributed by atoms with van der Waals surface area (Å²) in [4.78, 5) is 52.5. The molecule has 1 unspecified atom stereocenters. The Hall–Kier alpha value is -7.44. The quantitative estimate of drug-likeness (QED) is 0.0370. The summed E-state index contributed by atoms with van der Waals surface area (Å²) in [6.45, 7) is 9.02. The van der Waals surface area contributed by atoms with Crippen LogP contribution in [0.2, 0.25) is 10.0 Å². The first-order valence-corrected chi connectivity index (χ1v) is 25.9. The molecule has 0 bridgehead atoms. The summed E-state index contributed by atoms with van der Waals surface area (Å²) < 4.78 is 73.4. The number of benzene rings is 2. The highest BCUT2D eigenvalue weighted by Crippen LogP contribution is 2.47. The van der Waals surface area contributed by atoms with Gasteiger partial charge >= 0.3 is 0 Å². The Bertz CT molecular complexity index is 3260. The molecule has 21 nitrogen and oxygen atoms in total. The Morgan fingerprint density at radius 1 is 0.692 bits per heavy atom. The van der Waals surface area contributed by atoms with Crippen LogP contribution in [0.1, 0.15) is 25.7 Å². The fourth-order valence-electron chi connectivity index (χ4n) is 9.39. The molecule has 3 aliphatic heterocycles. The molecule has 7 heterocycles. The maximum Gasteiger partial charge on any atom is 0.243 e. The number of hydrogen-bond acceptors (Lipinski definition) is 19. The molecule has 1 saturated carbocycles. The summed E-state index contributed by atoms with van der Waals surface area (Å²) in [6.07, 6.45) is 7.85. The molecule has 0 radical (unpaired) electrons. The normalized spacial score (nSPS) is 20.8. The molecule has 4 aromatic heterocycles. The Morgan fingerprint density at radius 3 is 1.99 bits per heavy atom. The van der Waals surface area contributed by atoms with Crippen LogP contribution in [0.4, 0.5) is 32.2 Å². The third-order valence-electron chi connectivity index (χ3n) is 13.8. The Balaban J connectivity index is 0.875. The fourth-order valence-corrected chi connectivity index (χ4v) is 10.1. The Morgan fingerprint density at radius 2 is 1.32 bits per heavy atom. The maximum absolute atomic E-state index is 16.8. The van der Waals surface area contributed by atoms with Crippen LogP contribution in [0, 0.1) is 17.6 Å². The Labute approximate surface area is 456 Å². The predicted molar refractivity (Wildman–Crippen MR) is 289 cm³/mol. The number of rotatable bonds is 22. The van der Waals surface area contributed by atoms with Crippen molar-refractivity contribution in [1.29, 1.82) is 0 Å². The number of nitrogens with one attached hydrogen (secondary N) is 6. The molecule has 6 N–H and O–H groups in total. The molecule has 10 rings (SSSR count). The van der Waals surface area contributed by atoms with Crippen molar-refractivity contribution in [3.05, 3.63) is 83.6 Å². The van der Waals surface area contributed by atoms with Crippen LogP contribution in [0.3, 0.4) is 0 Å². The summed E-state index contributed by atoms with van der Waals surface area (Å²) in [5.41, 5.74) is 0.941. The van der Waals surface area contributed by atoms with E-state index >= 15 is 8.78 Å². The summed E-state index contributed by atoms with van der Waals surface area (Å²) in [5, 5.41) is 20.7. The summed E-state index contributed by atoms with van der Waals surface area (Å²) >= 11 is 13.8. The lowest BCUT2D eigenvalue weighted by Crippen LogP contribution is -2.45. The van der Waals surface area contributed by atoms with Crippen LogP contribution in [0.25, 0.3) is 44.5 Å². The van der Waals surface area contributed by atoms with Gasteiger partial charge in [-0.1, -0.05) is 36.4 Å². The van der Waals surface area contributed by atoms with Crippen LogP contribution in [0.15, 0.2) is 62.0 Å². The smallest absolute Gasteiger partial charge is 0.243 e. The van der Waals surface area contributed by atoms with Gasteiger partial charge in [-0.05, 0) is 55.9 Å². The van der Waals surface area contributed by atoms with Crippen LogP contribution in [-0.2, 0) is 23.8 Å². The topological polar surface area (TPSA) is 248 Å². The summed E-state index contributed by atoms with van der Waals surface area (Å²) in [6, 6.07) is 4.89. The van der Waals surface area contributed by atoms with E-state index in [0.717, 1.165) is 18.9 Å². The van der Waals surface area contributed by atoms with Gasteiger partial charge in [0.15, 0.2) is 34.8 Å². The fraction of sp³-hybridized carbons (Fsp3) is 0.396. The van der Waals surface area contributed by atoms with Crippen LogP contribution >= 0.6 is 23.2 Å². The zero-order chi connectivity index (χ0) is 54.6. The molecule has 2 aromatic carbocycles. The van der Waals surface area contributed by atoms with Gasteiger partial charge in [-0.15, -0.1) is 0 Å². The molecule has 78 heavy (non-hydrogen) atoms. The number of nitrogens with zero attached hydrogens (tertiary/aromatic N) is 6. The van der Waals surface area contributed by atoms with Crippen molar-refractivity contribution in [1.82, 2.24) is 40.5 Å². The molecule has 410 valence electrons. The number of aromatic nitrogens is 6. The van der Waals surface area contributed by atoms with E-state index < -0.39 is 23.3 Å². The first kappa shape index (κ1) is 53.9. The Kier molecular flexibility index (Phi) is 16.4. The summed E-state index contributed by atoms with van der Waals surface area (Å²) in [7, 11) is 4.23. The number of pyridine rings is 2. The molecule has 0 spiro atoms. The van der Waals surface area contributed by atoms with Crippen molar-refractivity contribution in [2.24, 2.45) is 5.92 Å². The molecule has 1 aliphatic carbocycles. The van der Waals surface area contributed by atoms with Crippen LogP contribution < -0.4 is 50.8 Å². The highest BCUT2D eigenvalue weighted by atomic mass is 35.5. The van der Waals surface area contributed by atoms with Crippen LogP contribution in [0.5, 0.6) is 23.0 Å². The molecule has 2 amide bonds. The van der Waals surface area contributed by atoms with E-state index in [1.807, 2.05) is 0 Å². The molecular weight excluding hydrogens is 1060 g/mol. The van der Waals surface area contributed by atoms with Gasteiger partial charge in [0.1, 0.15) is 35.3 Å². The lowest BCUT2D eigenvalue weighted by molar-refractivity contribution is -0.118. The molecule has 3 saturated heterocycles. The van der Waals surface area contributed by atoms with E-state index in [9.17, 15) is 9.59 Å². The van der Waals surface area contributed by atoms with Gasteiger partial charge in [0, 0.05) is 47.8 Å². The number of carbonyl (C=O) groups is 2.